The first-order chi connectivity index (χ1) is 27.8. The molecule has 0 bridgehead atoms. The van der Waals surface area contributed by atoms with Crippen LogP contribution < -0.4 is 42.4 Å². The Morgan fingerprint density at radius 3 is 0.386 bits per heavy atom. The summed E-state index contributed by atoms with van der Waals surface area (Å²) < 4.78 is 0. The number of rotatable bonds is 12. The zero-order valence-electron chi connectivity index (χ0n) is 31.5. The normalized spacial score (nSPS) is 11.2. The average Bonchev–Trinajstić information content (AvgIpc) is 3.29. The van der Waals surface area contributed by atoms with Gasteiger partial charge >= 0.3 is 0 Å². The summed E-state index contributed by atoms with van der Waals surface area (Å²) in [6.07, 6.45) is 0. The minimum absolute atomic E-state index is 0. The van der Waals surface area contributed by atoms with Crippen molar-refractivity contribution in [1.82, 2.24) is 0 Å². The minimum atomic E-state index is -0.528. The number of hydrogen-bond donors (Lipinski definition) is 0. The van der Waals surface area contributed by atoms with Gasteiger partial charge in [-0.3, -0.25) is 0 Å². The number of benzene rings is 8. The molecule has 0 atom stereocenters. The second kappa shape index (κ2) is 23.1. The molecular formula is C52H44OsP4. The molecule has 0 amide bonds. The van der Waals surface area contributed by atoms with Crippen molar-refractivity contribution < 1.29 is 19.8 Å². The third-order valence-corrected chi connectivity index (χ3v) is 18.1. The van der Waals surface area contributed by atoms with Crippen LogP contribution in [0.15, 0.2) is 266 Å². The molecule has 0 unspecified atom stereocenters. The van der Waals surface area contributed by atoms with Gasteiger partial charge in [-0.05, 0) is 74.1 Å². The molecule has 0 aliphatic carbocycles. The van der Waals surface area contributed by atoms with Crippen molar-refractivity contribution in [2.45, 2.75) is 0 Å². The predicted molar refractivity (Wildman–Crippen MR) is 255 cm³/mol. The Hall–Kier alpha value is -4.40. The molecule has 57 heavy (non-hydrogen) atoms. The van der Waals surface area contributed by atoms with E-state index >= 15 is 0 Å². The fourth-order valence-corrected chi connectivity index (χ4v) is 14.9. The van der Waals surface area contributed by atoms with E-state index in [0.29, 0.717) is 0 Å². The number of hydrogen-bond acceptors (Lipinski definition) is 0. The minimum Gasteiger partial charge on any atom is -0.0622 e. The van der Waals surface area contributed by atoms with Crippen LogP contribution in [-0.4, -0.2) is 0 Å². The summed E-state index contributed by atoms with van der Waals surface area (Å²) >= 11 is 0. The Bertz CT molecular complexity index is 1850. The summed E-state index contributed by atoms with van der Waals surface area (Å²) in [5.74, 6) is 9.80. The SMILES string of the molecule is C(=CP(c1ccccc1)c1ccccc1)P(c1ccccc1)c1ccccc1.C(=CP(c1ccccc1)c1ccccc1)P(c1ccccc1)c1ccccc1.[Os]. The molecule has 0 aromatic heterocycles. The Balaban J connectivity index is 0.000000189. The first-order valence-electron chi connectivity index (χ1n) is 18.8. The monoisotopic (exact) mass is 984 g/mol. The van der Waals surface area contributed by atoms with Gasteiger partial charge in [-0.2, -0.15) is 0 Å². The van der Waals surface area contributed by atoms with E-state index in [4.69, 9.17) is 0 Å². The van der Waals surface area contributed by atoms with Gasteiger partial charge in [0.25, 0.3) is 0 Å². The summed E-state index contributed by atoms with van der Waals surface area (Å²) in [6, 6.07) is 86.9. The quantitative estimate of drug-likeness (QED) is 0.107. The largest absolute Gasteiger partial charge is 0.0622 e. The second-order valence-corrected chi connectivity index (χ2v) is 21.0. The van der Waals surface area contributed by atoms with Gasteiger partial charge in [0.1, 0.15) is 0 Å². The van der Waals surface area contributed by atoms with Crippen molar-refractivity contribution >= 4 is 74.1 Å². The predicted octanol–water partition coefficient (Wildman–Crippen LogP) is 11.4. The van der Waals surface area contributed by atoms with Gasteiger partial charge in [-0.25, -0.2) is 0 Å². The zero-order valence-corrected chi connectivity index (χ0v) is 37.7. The summed E-state index contributed by atoms with van der Waals surface area (Å²) in [7, 11) is -2.11. The van der Waals surface area contributed by atoms with Gasteiger partial charge in [0.2, 0.25) is 0 Å². The van der Waals surface area contributed by atoms with E-state index in [9.17, 15) is 0 Å². The standard InChI is InChI=1S/2C26H22P2.Os/c2*1-5-13-23(14-6-1)27(24-15-7-2-8-16-24)21-22-28(25-17-9-3-10-18-25)26-19-11-4-12-20-26;/h2*1-22H;. The van der Waals surface area contributed by atoms with Crippen molar-refractivity contribution in [2.24, 2.45) is 0 Å². The van der Waals surface area contributed by atoms with Crippen LogP contribution in [0.25, 0.3) is 0 Å². The van der Waals surface area contributed by atoms with Crippen LogP contribution in [0, 0.1) is 0 Å². The van der Waals surface area contributed by atoms with Crippen molar-refractivity contribution in [1.29, 1.82) is 0 Å². The van der Waals surface area contributed by atoms with Crippen LogP contribution in [0.3, 0.4) is 0 Å². The van der Waals surface area contributed by atoms with Crippen molar-refractivity contribution in [3.05, 3.63) is 266 Å². The first-order valence-corrected chi connectivity index (χ1v) is 24.4. The smallest absolute Gasteiger partial charge is 0 e. The van der Waals surface area contributed by atoms with Crippen molar-refractivity contribution in [3.63, 3.8) is 0 Å². The molecule has 8 rings (SSSR count). The molecule has 0 spiro atoms. The van der Waals surface area contributed by atoms with Gasteiger partial charge in [0.15, 0.2) is 0 Å². The zero-order chi connectivity index (χ0) is 38.0. The molecule has 280 valence electrons. The molecule has 0 saturated carbocycles. The van der Waals surface area contributed by atoms with E-state index in [1.807, 2.05) is 0 Å². The van der Waals surface area contributed by atoms with E-state index in [-0.39, 0.29) is 19.8 Å². The molecule has 0 aliphatic rings. The van der Waals surface area contributed by atoms with Crippen molar-refractivity contribution in [2.75, 3.05) is 0 Å². The third kappa shape index (κ3) is 12.3. The van der Waals surface area contributed by atoms with E-state index in [0.717, 1.165) is 0 Å². The van der Waals surface area contributed by atoms with Crippen molar-refractivity contribution in [3.8, 4) is 0 Å². The molecule has 0 N–H and O–H groups in total. The fraction of sp³-hybridized carbons (Fsp3) is 0. The Morgan fingerprint density at radius 2 is 0.281 bits per heavy atom. The van der Waals surface area contributed by atoms with E-state index in [1.54, 1.807) is 0 Å². The molecule has 5 heteroatoms. The fourth-order valence-electron chi connectivity index (χ4n) is 6.26. The maximum atomic E-state index is 2.45. The Kier molecular flexibility index (Phi) is 17.1. The van der Waals surface area contributed by atoms with E-state index in [1.165, 1.54) is 42.4 Å². The maximum absolute atomic E-state index is 2.45. The van der Waals surface area contributed by atoms with E-state index in [2.05, 4.69) is 266 Å². The third-order valence-electron chi connectivity index (χ3n) is 9.00. The van der Waals surface area contributed by atoms with Gasteiger partial charge in [-0.15, -0.1) is 0 Å². The summed E-state index contributed by atoms with van der Waals surface area (Å²) in [5, 5.41) is 11.1. The van der Waals surface area contributed by atoms with Gasteiger partial charge in [0, 0.05) is 19.8 Å². The van der Waals surface area contributed by atoms with Gasteiger partial charge in [-0.1, -0.05) is 266 Å². The maximum Gasteiger partial charge on any atom is 0 e. The Morgan fingerprint density at radius 1 is 0.175 bits per heavy atom. The molecular weight excluding hydrogens is 939 g/mol. The van der Waals surface area contributed by atoms with Gasteiger partial charge < -0.3 is 0 Å². The summed E-state index contributed by atoms with van der Waals surface area (Å²) in [5.41, 5.74) is 0. The molecule has 0 nitrogen and oxygen atoms in total. The second-order valence-electron chi connectivity index (χ2n) is 12.8. The molecule has 0 radical (unpaired) electrons. The average molecular weight is 983 g/mol. The Labute approximate surface area is 357 Å². The molecule has 0 aliphatic heterocycles. The summed E-state index contributed by atoms with van der Waals surface area (Å²) in [4.78, 5) is 0. The van der Waals surface area contributed by atoms with Crippen LogP contribution in [0.4, 0.5) is 0 Å². The van der Waals surface area contributed by atoms with Gasteiger partial charge in [0.05, 0.1) is 0 Å². The molecule has 8 aromatic carbocycles. The first kappa shape index (κ1) is 42.2. The van der Waals surface area contributed by atoms with Crippen LogP contribution in [-0.2, 0) is 19.8 Å². The molecule has 0 heterocycles. The topological polar surface area (TPSA) is 0 Å². The van der Waals surface area contributed by atoms with Crippen LogP contribution in [0.5, 0.6) is 0 Å². The van der Waals surface area contributed by atoms with Crippen LogP contribution in [0.1, 0.15) is 0 Å². The van der Waals surface area contributed by atoms with Crippen LogP contribution in [0.2, 0.25) is 0 Å². The summed E-state index contributed by atoms with van der Waals surface area (Å²) in [6.45, 7) is 0. The van der Waals surface area contributed by atoms with Crippen LogP contribution >= 0.6 is 31.7 Å². The van der Waals surface area contributed by atoms with E-state index < -0.39 is 31.7 Å². The molecule has 8 aromatic rings. The molecule has 0 saturated heterocycles. The molecule has 0 fully saturated rings.